The number of carboxylic acid groups (broad SMARTS) is 1. The van der Waals surface area contributed by atoms with Gasteiger partial charge in [0.1, 0.15) is 23.4 Å². The number of rotatable bonds is 11. The first-order valence-corrected chi connectivity index (χ1v) is 13.7. The number of nitrogen functional groups attached to an aromatic ring is 1. The summed E-state index contributed by atoms with van der Waals surface area (Å²) < 4.78 is 4.81. The number of carbonyl (C=O) groups excluding carboxylic acids is 2. The van der Waals surface area contributed by atoms with E-state index in [-0.39, 0.29) is 46.9 Å². The van der Waals surface area contributed by atoms with Crippen LogP contribution in [0, 0.1) is 5.41 Å². The number of anilines is 1. The van der Waals surface area contributed by atoms with Gasteiger partial charge in [0.2, 0.25) is 17.4 Å². The van der Waals surface area contributed by atoms with Crippen molar-refractivity contribution >= 4 is 63.7 Å². The maximum Gasteiger partial charge on any atom is 0.316 e. The number of β-lactam (4-membered cyclic amide) rings is 1. The Morgan fingerprint density at radius 2 is 2.20 bits per heavy atom. The predicted octanol–water partition coefficient (Wildman–Crippen LogP) is 0.285. The molecule has 35 heavy (non-hydrogen) atoms. The lowest BCUT2D eigenvalue weighted by Crippen LogP contribution is -2.73. The third kappa shape index (κ3) is 6.45. The topological polar surface area (TPSA) is 160 Å². The van der Waals surface area contributed by atoms with Crippen molar-refractivity contribution < 1.29 is 28.8 Å². The highest BCUT2D eigenvalue weighted by Crippen LogP contribution is 2.43. The van der Waals surface area contributed by atoms with E-state index in [1.54, 1.807) is 24.8 Å². The highest BCUT2D eigenvalue weighted by molar-refractivity contribution is 8.02. The Kier molecular flexibility index (Phi) is 8.67. The number of carboxylic acids is 1. The van der Waals surface area contributed by atoms with E-state index < -0.39 is 23.3 Å². The molecule has 0 aromatic carbocycles. The van der Waals surface area contributed by atoms with Crippen molar-refractivity contribution in [1.82, 2.24) is 19.6 Å². The van der Waals surface area contributed by atoms with Gasteiger partial charge in [-0.05, 0) is 12.3 Å². The average Bonchev–Trinajstić information content (AvgIpc) is 3.22. The quantitative estimate of drug-likeness (QED) is 0.116. The number of nitrogens with zero attached hydrogens (tertiary/aromatic N) is 5. The summed E-state index contributed by atoms with van der Waals surface area (Å²) in [5.74, 6) is -0.860. The van der Waals surface area contributed by atoms with Gasteiger partial charge in [-0.1, -0.05) is 11.2 Å². The highest BCUT2D eigenvalue weighted by atomic mass is 32.2. The second kappa shape index (κ2) is 11.1. The molecule has 2 amide bonds. The van der Waals surface area contributed by atoms with Gasteiger partial charge in [0.15, 0.2) is 5.13 Å². The molecule has 15 heteroatoms. The van der Waals surface area contributed by atoms with E-state index in [4.69, 9.17) is 10.6 Å². The van der Waals surface area contributed by atoms with Crippen LogP contribution in [-0.2, 0) is 19.2 Å². The molecule has 3 rings (SSSR count). The Morgan fingerprint density at radius 1 is 1.46 bits per heavy atom. The predicted molar refractivity (Wildman–Crippen MR) is 137 cm³/mol. The van der Waals surface area contributed by atoms with Gasteiger partial charge in [-0.2, -0.15) is 9.36 Å². The number of carbonyl (C=O) groups is 3. The van der Waals surface area contributed by atoms with Crippen molar-refractivity contribution in [3.05, 3.63) is 17.3 Å². The molecule has 2 aliphatic rings. The van der Waals surface area contributed by atoms with Crippen LogP contribution in [0.2, 0.25) is 0 Å². The summed E-state index contributed by atoms with van der Waals surface area (Å²) in [6, 6.07) is -0.815. The number of thioether (sulfide) groups is 2. The number of quaternary nitrogens is 1. The van der Waals surface area contributed by atoms with Crippen molar-refractivity contribution in [1.29, 1.82) is 0 Å². The summed E-state index contributed by atoms with van der Waals surface area (Å²) in [5, 5.41) is 18.0. The number of aliphatic carboxylic acids is 1. The molecule has 192 valence electrons. The van der Waals surface area contributed by atoms with Crippen molar-refractivity contribution in [3.63, 3.8) is 0 Å². The second-order valence-electron chi connectivity index (χ2n) is 9.08. The van der Waals surface area contributed by atoms with Crippen LogP contribution in [0.25, 0.3) is 0 Å². The van der Waals surface area contributed by atoms with Crippen LogP contribution in [0.15, 0.2) is 16.6 Å². The zero-order valence-corrected chi connectivity index (χ0v) is 22.4. The molecule has 2 fully saturated rings. The van der Waals surface area contributed by atoms with Crippen LogP contribution in [0.1, 0.15) is 12.7 Å². The number of nitrogens with two attached hydrogens (primary N) is 1. The van der Waals surface area contributed by atoms with E-state index in [1.165, 1.54) is 16.7 Å². The molecule has 1 aromatic heterocycles. The Labute approximate surface area is 216 Å². The van der Waals surface area contributed by atoms with Crippen LogP contribution in [0.3, 0.4) is 0 Å². The first kappa shape index (κ1) is 27.2. The van der Waals surface area contributed by atoms with E-state index in [0.717, 1.165) is 28.3 Å². The molecule has 1 aromatic rings. The maximum absolute atomic E-state index is 12.9. The lowest BCUT2D eigenvalue weighted by atomic mass is 9.87. The van der Waals surface area contributed by atoms with Gasteiger partial charge in [-0.15, -0.1) is 23.5 Å². The van der Waals surface area contributed by atoms with E-state index in [9.17, 15) is 19.5 Å². The molecule has 2 unspecified atom stereocenters. The Balaban J connectivity index is 1.64. The molecule has 2 aliphatic heterocycles. The smallest absolute Gasteiger partial charge is 0.316 e. The standard InChI is InChI=1S/C20H29N7O5S3/c1-5-32-24-12(14-23-19(21)35-25-14)15(28)22-13-16(29)26-10-20(18(30)31,11-34-17(13)26)6-8-33-9-7-27(2,3)4/h6,8,13,17H,5,7,9-11H2,1-4H3,(H3-,21,22,23,25,28,30,31)/p+1/t13?,17-,20?/m1/s1. The minimum atomic E-state index is -1.18. The van der Waals surface area contributed by atoms with Gasteiger partial charge < -0.3 is 30.4 Å². The number of oxime groups is 1. The molecule has 4 N–H and O–H groups in total. The van der Waals surface area contributed by atoms with Crippen LogP contribution in [0.4, 0.5) is 5.13 Å². The van der Waals surface area contributed by atoms with E-state index in [1.807, 2.05) is 5.41 Å². The molecule has 0 radical (unpaired) electrons. The maximum atomic E-state index is 12.9. The van der Waals surface area contributed by atoms with E-state index in [0.29, 0.717) is 0 Å². The lowest BCUT2D eigenvalue weighted by Gasteiger charge is -2.53. The second-order valence-corrected chi connectivity index (χ2v) is 12.0. The molecular formula is C20H30N7O5S3+. The summed E-state index contributed by atoms with van der Waals surface area (Å²) >= 11 is 3.79. The van der Waals surface area contributed by atoms with Crippen LogP contribution < -0.4 is 11.1 Å². The summed E-state index contributed by atoms with van der Waals surface area (Å²) in [7, 11) is 6.29. The summed E-state index contributed by atoms with van der Waals surface area (Å²) in [4.78, 5) is 48.3. The number of nitrogens with one attached hydrogen (secondary N) is 1. The molecule has 3 atom stereocenters. The summed E-state index contributed by atoms with van der Waals surface area (Å²) in [6.07, 6.45) is 1.68. The van der Waals surface area contributed by atoms with Gasteiger partial charge in [-0.3, -0.25) is 14.4 Å². The number of amides is 2. The fourth-order valence-corrected chi connectivity index (χ4v) is 6.42. The normalized spacial score (nSPS) is 24.7. The average molecular weight is 545 g/mol. The van der Waals surface area contributed by atoms with Crippen molar-refractivity contribution in [2.45, 2.75) is 18.3 Å². The molecule has 0 bridgehead atoms. The zero-order chi connectivity index (χ0) is 25.8. The Bertz CT molecular complexity index is 1020. The van der Waals surface area contributed by atoms with Crippen molar-refractivity contribution in [2.24, 2.45) is 10.6 Å². The SMILES string of the molecule is CCON=C(C(=O)NC1C(=O)N2CC(C=CSCC[N+](C)(C)C)(C(=O)O)CS[C@H]12)c1nsc(N)n1. The molecule has 3 heterocycles. The Morgan fingerprint density at radius 3 is 2.80 bits per heavy atom. The molecule has 0 spiro atoms. The number of fused-ring (bicyclic) bond motifs is 1. The molecule has 2 saturated heterocycles. The van der Waals surface area contributed by atoms with Crippen molar-refractivity contribution in [2.75, 3.05) is 58.1 Å². The number of hydrogen-bond acceptors (Lipinski definition) is 11. The van der Waals surface area contributed by atoms with E-state index in [2.05, 4.69) is 41.0 Å². The molecular weight excluding hydrogens is 514 g/mol. The van der Waals surface area contributed by atoms with Gasteiger partial charge in [0, 0.05) is 29.6 Å². The van der Waals surface area contributed by atoms with Crippen LogP contribution in [0.5, 0.6) is 0 Å². The summed E-state index contributed by atoms with van der Waals surface area (Å²) in [5.41, 5.74) is 4.25. The van der Waals surface area contributed by atoms with Crippen molar-refractivity contribution in [3.8, 4) is 0 Å². The van der Waals surface area contributed by atoms with Gasteiger partial charge in [-0.25, -0.2) is 0 Å². The first-order valence-electron chi connectivity index (χ1n) is 10.8. The minimum absolute atomic E-state index is 0.0103. The number of hydrogen-bond donors (Lipinski definition) is 3. The van der Waals surface area contributed by atoms with Gasteiger partial charge in [0.25, 0.3) is 5.91 Å². The van der Waals surface area contributed by atoms with Crippen LogP contribution >= 0.6 is 35.1 Å². The fraction of sp³-hybridized carbons (Fsp3) is 0.600. The zero-order valence-electron chi connectivity index (χ0n) is 20.0. The first-order chi connectivity index (χ1) is 16.5. The fourth-order valence-electron chi connectivity index (χ4n) is 3.32. The largest absolute Gasteiger partial charge is 0.481 e. The summed E-state index contributed by atoms with van der Waals surface area (Å²) in [6.45, 7) is 2.92. The number of aromatic nitrogens is 2. The Hall–Kier alpha value is -2.36. The monoisotopic (exact) mass is 544 g/mol. The minimum Gasteiger partial charge on any atom is -0.481 e. The third-order valence-electron chi connectivity index (χ3n) is 5.33. The van der Waals surface area contributed by atoms with Gasteiger partial charge >= 0.3 is 5.97 Å². The third-order valence-corrected chi connectivity index (χ3v) is 8.17. The van der Waals surface area contributed by atoms with Gasteiger partial charge in [0.05, 0.1) is 27.7 Å². The van der Waals surface area contributed by atoms with Crippen LogP contribution in [-0.4, -0.2) is 111 Å². The highest BCUT2D eigenvalue weighted by Gasteiger charge is 2.57. The molecule has 0 aliphatic carbocycles. The van der Waals surface area contributed by atoms with E-state index >= 15 is 0 Å². The lowest BCUT2D eigenvalue weighted by molar-refractivity contribution is -0.867. The molecule has 12 nitrogen and oxygen atoms in total. The molecule has 0 saturated carbocycles.